The van der Waals surface area contributed by atoms with Gasteiger partial charge in [-0.3, -0.25) is 4.90 Å². The molecule has 34 heavy (non-hydrogen) atoms. The van der Waals surface area contributed by atoms with E-state index in [1.807, 2.05) is 0 Å². The van der Waals surface area contributed by atoms with E-state index in [1.165, 1.54) is 116 Å². The molecule has 0 rings (SSSR count). The smallest absolute Gasteiger partial charge is 0.129 e. The summed E-state index contributed by atoms with van der Waals surface area (Å²) < 4.78 is 6.09. The highest BCUT2D eigenvalue weighted by Gasteiger charge is 2.09. The second-order valence-electron chi connectivity index (χ2n) is 10.8. The van der Waals surface area contributed by atoms with Gasteiger partial charge in [-0.25, -0.2) is 0 Å². The summed E-state index contributed by atoms with van der Waals surface area (Å²) in [5.74, 6) is 1.26. The van der Waals surface area contributed by atoms with E-state index in [9.17, 15) is 4.79 Å². The number of hydrogen-bond donors (Lipinski definition) is 0. The van der Waals surface area contributed by atoms with Gasteiger partial charge in [0.1, 0.15) is 5.78 Å². The second kappa shape index (κ2) is 27.2. The Labute approximate surface area is 215 Å². The lowest BCUT2D eigenvalue weighted by Gasteiger charge is -2.22. The Hall–Kier alpha value is -0.410. The molecular formula is C31H63NO2. The van der Waals surface area contributed by atoms with Crippen molar-refractivity contribution in [3.63, 3.8) is 0 Å². The van der Waals surface area contributed by atoms with Crippen LogP contribution in [0.2, 0.25) is 0 Å². The average molecular weight is 482 g/mol. The number of carbonyl (C=O) groups excluding carboxylic acids is 1. The van der Waals surface area contributed by atoms with Crippen molar-refractivity contribution in [3.8, 4) is 0 Å². The van der Waals surface area contributed by atoms with E-state index in [1.54, 1.807) is 6.92 Å². The van der Waals surface area contributed by atoms with Crippen molar-refractivity contribution in [2.75, 3.05) is 26.4 Å². The van der Waals surface area contributed by atoms with Gasteiger partial charge >= 0.3 is 0 Å². The highest BCUT2D eigenvalue weighted by atomic mass is 16.5. The fraction of sp³-hybridized carbons (Fsp3) is 0.968. The summed E-state index contributed by atoms with van der Waals surface area (Å²) in [7, 11) is 0. The van der Waals surface area contributed by atoms with Gasteiger partial charge in [-0.05, 0) is 38.5 Å². The molecule has 0 saturated carbocycles. The van der Waals surface area contributed by atoms with Crippen molar-refractivity contribution >= 4 is 5.78 Å². The van der Waals surface area contributed by atoms with Crippen molar-refractivity contribution in [3.05, 3.63) is 0 Å². The minimum absolute atomic E-state index is 0.321. The van der Waals surface area contributed by atoms with Gasteiger partial charge in [0, 0.05) is 26.1 Å². The largest absolute Gasteiger partial charge is 0.366 e. The third-order valence-corrected chi connectivity index (χ3v) is 7.19. The maximum absolute atomic E-state index is 11.1. The lowest BCUT2D eigenvalue weighted by Crippen LogP contribution is -2.29. The molecule has 0 fully saturated rings. The standard InChI is InChI=1S/C31H63NO2/c1-5-8-11-13-14-18-24-31(23-17-12-9-6-2)25-19-21-28-34-29-32(26-10-7-3)27-20-15-16-22-30(4)33/h31H,5-29H2,1-4H3. The van der Waals surface area contributed by atoms with Gasteiger partial charge in [-0.2, -0.15) is 0 Å². The maximum Gasteiger partial charge on any atom is 0.129 e. The van der Waals surface area contributed by atoms with Crippen molar-refractivity contribution in [1.82, 2.24) is 4.90 Å². The molecule has 0 heterocycles. The zero-order valence-electron chi connectivity index (χ0n) is 24.0. The van der Waals surface area contributed by atoms with Crippen LogP contribution in [0, 0.1) is 5.92 Å². The van der Waals surface area contributed by atoms with E-state index in [2.05, 4.69) is 25.7 Å². The van der Waals surface area contributed by atoms with E-state index in [0.717, 1.165) is 51.6 Å². The molecule has 0 bridgehead atoms. The first-order valence-corrected chi connectivity index (χ1v) is 15.4. The molecule has 0 aliphatic rings. The molecule has 0 N–H and O–H groups in total. The Kier molecular flexibility index (Phi) is 26.9. The van der Waals surface area contributed by atoms with Crippen LogP contribution in [0.15, 0.2) is 0 Å². The van der Waals surface area contributed by atoms with E-state index < -0.39 is 0 Å². The van der Waals surface area contributed by atoms with Crippen LogP contribution in [0.5, 0.6) is 0 Å². The third-order valence-electron chi connectivity index (χ3n) is 7.19. The monoisotopic (exact) mass is 481 g/mol. The van der Waals surface area contributed by atoms with Crippen LogP contribution in [0.1, 0.15) is 163 Å². The predicted molar refractivity (Wildman–Crippen MR) is 151 cm³/mol. The Balaban J connectivity index is 4.04. The molecule has 0 saturated heterocycles. The number of carbonyl (C=O) groups is 1. The molecular weight excluding hydrogens is 418 g/mol. The number of ketones is 1. The van der Waals surface area contributed by atoms with Crippen LogP contribution in [0.3, 0.4) is 0 Å². The quantitative estimate of drug-likeness (QED) is 0.0822. The normalized spacial score (nSPS) is 12.5. The summed E-state index contributed by atoms with van der Waals surface area (Å²) >= 11 is 0. The van der Waals surface area contributed by atoms with Crippen molar-refractivity contribution in [2.24, 2.45) is 5.92 Å². The maximum atomic E-state index is 11.1. The van der Waals surface area contributed by atoms with Crippen LogP contribution < -0.4 is 0 Å². The number of nitrogens with zero attached hydrogens (tertiary/aromatic N) is 1. The summed E-state index contributed by atoms with van der Waals surface area (Å²) in [5, 5.41) is 0. The first kappa shape index (κ1) is 33.6. The number of ether oxygens (including phenoxy) is 1. The zero-order chi connectivity index (χ0) is 25.1. The number of hydrogen-bond acceptors (Lipinski definition) is 3. The molecule has 1 unspecified atom stereocenters. The predicted octanol–water partition coefficient (Wildman–Crippen LogP) is 9.72. The van der Waals surface area contributed by atoms with E-state index in [-0.39, 0.29) is 0 Å². The second-order valence-corrected chi connectivity index (χ2v) is 10.8. The zero-order valence-corrected chi connectivity index (χ0v) is 24.0. The lowest BCUT2D eigenvalue weighted by atomic mass is 9.90. The van der Waals surface area contributed by atoms with Crippen molar-refractivity contribution < 1.29 is 9.53 Å². The van der Waals surface area contributed by atoms with Crippen molar-refractivity contribution in [1.29, 1.82) is 0 Å². The van der Waals surface area contributed by atoms with Crippen LogP contribution in [0.25, 0.3) is 0 Å². The van der Waals surface area contributed by atoms with Gasteiger partial charge in [-0.1, -0.05) is 124 Å². The molecule has 0 spiro atoms. The van der Waals surface area contributed by atoms with Gasteiger partial charge in [0.15, 0.2) is 0 Å². The molecule has 3 nitrogen and oxygen atoms in total. The Morgan fingerprint density at radius 1 is 0.618 bits per heavy atom. The average Bonchev–Trinajstić information content (AvgIpc) is 2.82. The van der Waals surface area contributed by atoms with Gasteiger partial charge in [0.05, 0.1) is 6.73 Å². The van der Waals surface area contributed by atoms with Gasteiger partial charge in [0.25, 0.3) is 0 Å². The Bertz CT molecular complexity index is 412. The molecule has 1 atom stereocenters. The number of rotatable bonds is 28. The number of unbranched alkanes of at least 4 members (excludes halogenated alkanes) is 12. The fourth-order valence-corrected chi connectivity index (χ4v) is 4.85. The molecule has 3 heteroatoms. The Morgan fingerprint density at radius 2 is 1.12 bits per heavy atom. The minimum Gasteiger partial charge on any atom is -0.366 e. The SMILES string of the molecule is CCCCCCCCC(CCCCCC)CCCCOCN(CCCC)CCCCCC(C)=O. The topological polar surface area (TPSA) is 29.5 Å². The lowest BCUT2D eigenvalue weighted by molar-refractivity contribution is -0.117. The molecule has 0 amide bonds. The van der Waals surface area contributed by atoms with Gasteiger partial charge in [-0.15, -0.1) is 0 Å². The molecule has 0 aromatic rings. The summed E-state index contributed by atoms with van der Waals surface area (Å²) in [4.78, 5) is 13.6. The molecule has 0 radical (unpaired) electrons. The highest BCUT2D eigenvalue weighted by molar-refractivity contribution is 5.75. The van der Waals surface area contributed by atoms with Crippen LogP contribution in [-0.4, -0.2) is 37.1 Å². The van der Waals surface area contributed by atoms with Gasteiger partial charge in [0.2, 0.25) is 0 Å². The first-order chi connectivity index (χ1) is 16.6. The molecule has 0 aromatic carbocycles. The first-order valence-electron chi connectivity index (χ1n) is 15.4. The van der Waals surface area contributed by atoms with Crippen LogP contribution >= 0.6 is 0 Å². The fourth-order valence-electron chi connectivity index (χ4n) is 4.85. The van der Waals surface area contributed by atoms with Crippen LogP contribution in [-0.2, 0) is 9.53 Å². The summed E-state index contributed by atoms with van der Waals surface area (Å²) in [6.45, 7) is 12.5. The molecule has 0 aliphatic carbocycles. The minimum atomic E-state index is 0.321. The van der Waals surface area contributed by atoms with E-state index in [0.29, 0.717) is 5.78 Å². The summed E-state index contributed by atoms with van der Waals surface area (Å²) in [6.07, 6.45) is 27.6. The summed E-state index contributed by atoms with van der Waals surface area (Å²) in [5.41, 5.74) is 0. The third kappa shape index (κ3) is 24.7. The Morgan fingerprint density at radius 3 is 1.74 bits per heavy atom. The molecule has 0 aliphatic heterocycles. The highest BCUT2D eigenvalue weighted by Crippen LogP contribution is 2.24. The van der Waals surface area contributed by atoms with E-state index >= 15 is 0 Å². The van der Waals surface area contributed by atoms with Crippen LogP contribution in [0.4, 0.5) is 0 Å². The number of Topliss-reactive ketones (excluding diaryl/α,β-unsaturated/α-hetero) is 1. The molecule has 204 valence electrons. The summed E-state index contributed by atoms with van der Waals surface area (Å²) in [6, 6.07) is 0. The van der Waals surface area contributed by atoms with Gasteiger partial charge < -0.3 is 9.53 Å². The van der Waals surface area contributed by atoms with E-state index in [4.69, 9.17) is 4.74 Å². The van der Waals surface area contributed by atoms with Crippen molar-refractivity contribution in [2.45, 2.75) is 163 Å². The molecule has 0 aromatic heterocycles.